The molecule has 16 rings (SSSR count). The summed E-state index contributed by atoms with van der Waals surface area (Å²) in [4.78, 5) is 0. The Labute approximate surface area is 397 Å². The molecule has 0 bridgehead atoms. The largest absolute Gasteiger partial charge is 0.454 e. The Morgan fingerprint density at radius 3 is 1.68 bits per heavy atom. The van der Waals surface area contributed by atoms with Crippen molar-refractivity contribution in [1.29, 1.82) is 0 Å². The Morgan fingerprint density at radius 2 is 0.912 bits per heavy atom. The summed E-state index contributed by atoms with van der Waals surface area (Å²) in [6, 6.07) is 72.5. The number of rotatable bonds is 3. The van der Waals surface area contributed by atoms with E-state index < -0.39 is 0 Å². The first-order chi connectivity index (χ1) is 33.5. The molecule has 68 heavy (non-hydrogen) atoms. The molecule has 0 saturated heterocycles. The number of hydrogen-bond acceptors (Lipinski definition) is 3. The molecule has 5 aromatic heterocycles. The molecule has 0 atom stereocenters. The standard InChI is InChI=1S/C63H38N2OS2/c1-63(2)48-18-7-3-16-41(48)61-49(63)19-12-21-52(61)64-51-27-25-35(29-42(51)44-34-60-47(32-55(44)64)39-15-6-10-24-58(39)68-60)36-26-28-56-45(30-36)40-17-11-22-53(62(40)66-56)65-50-20-8-4-13-37(50)43-33-59-46(31-54(43)65)38-14-5-9-23-57(38)67-59/h3-34H,1-2H3. The van der Waals surface area contributed by atoms with E-state index >= 15 is 0 Å². The van der Waals surface area contributed by atoms with Crippen LogP contribution in [0.5, 0.6) is 0 Å². The van der Waals surface area contributed by atoms with Crippen LogP contribution in [0.4, 0.5) is 0 Å². The van der Waals surface area contributed by atoms with Gasteiger partial charge in [-0.1, -0.05) is 129 Å². The Hall–Kier alpha value is -7.96. The summed E-state index contributed by atoms with van der Waals surface area (Å²) in [5.74, 6) is 0. The molecule has 318 valence electrons. The zero-order chi connectivity index (χ0) is 44.6. The van der Waals surface area contributed by atoms with Gasteiger partial charge in [0.05, 0.1) is 33.4 Å². The van der Waals surface area contributed by atoms with Crippen molar-refractivity contribution in [3.63, 3.8) is 0 Å². The number of hydrogen-bond donors (Lipinski definition) is 0. The normalized spacial score (nSPS) is 13.6. The summed E-state index contributed by atoms with van der Waals surface area (Å²) in [5, 5.41) is 12.4. The minimum absolute atomic E-state index is 0.100. The highest BCUT2D eigenvalue weighted by molar-refractivity contribution is 7.26. The number of fused-ring (bicyclic) bond motifs is 18. The first kappa shape index (κ1) is 37.2. The second-order valence-corrected chi connectivity index (χ2v) is 21.4. The molecule has 0 radical (unpaired) electrons. The first-order valence-corrected chi connectivity index (χ1v) is 25.0. The van der Waals surface area contributed by atoms with Crippen LogP contribution in [0.25, 0.3) is 140 Å². The lowest BCUT2D eigenvalue weighted by atomic mass is 9.82. The van der Waals surface area contributed by atoms with Crippen LogP contribution in [-0.4, -0.2) is 9.13 Å². The van der Waals surface area contributed by atoms with Gasteiger partial charge in [0.15, 0.2) is 5.58 Å². The molecule has 15 aromatic rings. The Kier molecular flexibility index (Phi) is 7.18. The van der Waals surface area contributed by atoms with Gasteiger partial charge in [-0.05, 0) is 107 Å². The smallest absolute Gasteiger partial charge is 0.159 e. The topological polar surface area (TPSA) is 23.0 Å². The summed E-state index contributed by atoms with van der Waals surface area (Å²) >= 11 is 3.76. The quantitative estimate of drug-likeness (QED) is 0.173. The van der Waals surface area contributed by atoms with E-state index in [4.69, 9.17) is 4.42 Å². The minimum Gasteiger partial charge on any atom is -0.454 e. The summed E-state index contributed by atoms with van der Waals surface area (Å²) in [6.45, 7) is 4.74. The van der Waals surface area contributed by atoms with Crippen LogP contribution >= 0.6 is 22.7 Å². The Morgan fingerprint density at radius 1 is 0.368 bits per heavy atom. The second-order valence-electron chi connectivity index (χ2n) is 19.2. The third kappa shape index (κ3) is 4.81. The molecule has 1 aliphatic carbocycles. The molecule has 0 N–H and O–H groups in total. The lowest BCUT2D eigenvalue weighted by molar-refractivity contribution is 0.660. The highest BCUT2D eigenvalue weighted by atomic mass is 32.1. The van der Waals surface area contributed by atoms with Gasteiger partial charge in [-0.2, -0.15) is 0 Å². The van der Waals surface area contributed by atoms with Crippen molar-refractivity contribution in [1.82, 2.24) is 9.13 Å². The molecule has 0 saturated carbocycles. The van der Waals surface area contributed by atoms with Crippen molar-refractivity contribution >= 4 is 129 Å². The maximum absolute atomic E-state index is 6.94. The maximum atomic E-state index is 6.94. The predicted octanol–water partition coefficient (Wildman–Crippen LogP) is 18.5. The average molecular weight is 903 g/mol. The minimum atomic E-state index is -0.100. The van der Waals surface area contributed by atoms with Gasteiger partial charge in [-0.3, -0.25) is 0 Å². The summed E-state index contributed by atoms with van der Waals surface area (Å²) < 4.78 is 17.2. The van der Waals surface area contributed by atoms with Gasteiger partial charge in [0.1, 0.15) is 5.58 Å². The second kappa shape index (κ2) is 13.1. The van der Waals surface area contributed by atoms with Gasteiger partial charge in [-0.25, -0.2) is 0 Å². The highest BCUT2D eigenvalue weighted by Crippen LogP contribution is 2.52. The lowest BCUT2D eigenvalue weighted by Crippen LogP contribution is -2.14. The fourth-order valence-electron chi connectivity index (χ4n) is 12.2. The molecule has 5 heteroatoms. The van der Waals surface area contributed by atoms with E-state index in [1.165, 1.54) is 117 Å². The van der Waals surface area contributed by atoms with E-state index in [9.17, 15) is 0 Å². The molecule has 1 aliphatic rings. The van der Waals surface area contributed by atoms with Crippen molar-refractivity contribution in [2.24, 2.45) is 0 Å². The third-order valence-corrected chi connectivity index (χ3v) is 17.6. The zero-order valence-electron chi connectivity index (χ0n) is 37.1. The molecule has 10 aromatic carbocycles. The van der Waals surface area contributed by atoms with Crippen LogP contribution < -0.4 is 0 Å². The van der Waals surface area contributed by atoms with E-state index in [1.807, 2.05) is 22.7 Å². The summed E-state index contributed by atoms with van der Waals surface area (Å²) in [6.07, 6.45) is 0. The molecule has 3 nitrogen and oxygen atoms in total. The molecular formula is C63H38N2OS2. The molecule has 0 amide bonds. The van der Waals surface area contributed by atoms with Gasteiger partial charge in [-0.15, -0.1) is 22.7 Å². The zero-order valence-corrected chi connectivity index (χ0v) is 38.7. The fraction of sp³-hybridized carbons (Fsp3) is 0.0476. The van der Waals surface area contributed by atoms with Gasteiger partial charge < -0.3 is 13.6 Å². The molecule has 0 unspecified atom stereocenters. The van der Waals surface area contributed by atoms with E-state index in [0.717, 1.165) is 33.2 Å². The van der Waals surface area contributed by atoms with Crippen LogP contribution in [0, 0.1) is 0 Å². The van der Waals surface area contributed by atoms with Gasteiger partial charge in [0, 0.05) is 83.6 Å². The van der Waals surface area contributed by atoms with Crippen molar-refractivity contribution in [3.05, 3.63) is 205 Å². The van der Waals surface area contributed by atoms with Gasteiger partial charge >= 0.3 is 0 Å². The number of para-hydroxylation sites is 2. The van der Waals surface area contributed by atoms with Crippen molar-refractivity contribution in [2.75, 3.05) is 0 Å². The predicted molar refractivity (Wildman–Crippen MR) is 291 cm³/mol. The monoisotopic (exact) mass is 902 g/mol. The summed E-state index contributed by atoms with van der Waals surface area (Å²) in [7, 11) is 0. The Bertz CT molecular complexity index is 4720. The van der Waals surface area contributed by atoms with Crippen molar-refractivity contribution in [3.8, 4) is 33.6 Å². The number of nitrogens with zero attached hydrogens (tertiary/aromatic N) is 2. The van der Waals surface area contributed by atoms with Crippen LogP contribution in [0.1, 0.15) is 25.0 Å². The van der Waals surface area contributed by atoms with Gasteiger partial charge in [0.25, 0.3) is 0 Å². The number of benzene rings is 10. The van der Waals surface area contributed by atoms with E-state index in [2.05, 4.69) is 217 Å². The van der Waals surface area contributed by atoms with E-state index in [0.29, 0.717) is 0 Å². The SMILES string of the molecule is CC1(C)c2ccccc2-c2c(-n3c4ccc(-c5ccc6oc7c(-n8c9ccccc9c9cc%10sc%11ccccc%11c%10cc98)cccc7c6c5)cc4c4cc5sc6ccccc6c5cc43)cccc21. The number of aromatic nitrogens is 2. The Balaban J connectivity index is 0.909. The number of furan rings is 1. The fourth-order valence-corrected chi connectivity index (χ4v) is 14.4. The van der Waals surface area contributed by atoms with Crippen LogP contribution in [-0.2, 0) is 5.41 Å². The molecule has 5 heterocycles. The summed E-state index contributed by atoms with van der Waals surface area (Å²) in [5.41, 5.74) is 16.5. The third-order valence-electron chi connectivity index (χ3n) is 15.3. The molecule has 0 fully saturated rings. The first-order valence-electron chi connectivity index (χ1n) is 23.4. The highest BCUT2D eigenvalue weighted by Gasteiger charge is 2.37. The van der Waals surface area contributed by atoms with Crippen LogP contribution in [0.3, 0.4) is 0 Å². The average Bonchev–Trinajstić information content (AvgIpc) is 4.21. The number of thiophene rings is 2. The van der Waals surface area contributed by atoms with Gasteiger partial charge in [0.2, 0.25) is 0 Å². The lowest BCUT2D eigenvalue weighted by Gasteiger charge is -2.22. The van der Waals surface area contributed by atoms with Crippen LogP contribution in [0.15, 0.2) is 199 Å². The van der Waals surface area contributed by atoms with E-state index in [-0.39, 0.29) is 5.41 Å². The maximum Gasteiger partial charge on any atom is 0.159 e. The van der Waals surface area contributed by atoms with Crippen LogP contribution in [0.2, 0.25) is 0 Å². The molecule has 0 aliphatic heterocycles. The molecule has 0 spiro atoms. The van der Waals surface area contributed by atoms with Crippen molar-refractivity contribution in [2.45, 2.75) is 19.3 Å². The molecular weight excluding hydrogens is 865 g/mol. The van der Waals surface area contributed by atoms with Crippen molar-refractivity contribution < 1.29 is 4.42 Å². The van der Waals surface area contributed by atoms with E-state index in [1.54, 1.807) is 0 Å².